The van der Waals surface area contributed by atoms with Crippen molar-refractivity contribution in [1.82, 2.24) is 4.98 Å². The van der Waals surface area contributed by atoms with Crippen molar-refractivity contribution < 1.29 is 33.7 Å². The van der Waals surface area contributed by atoms with E-state index >= 15 is 0 Å². The first-order valence-corrected chi connectivity index (χ1v) is 3.28. The Hall–Kier alpha value is 0.460. The molecule has 0 aliphatic carbocycles. The molecule has 0 aliphatic heterocycles. The Balaban J connectivity index is 0.00000169. The van der Waals surface area contributed by atoms with Crippen LogP contribution in [0.15, 0.2) is 17.2 Å². The third-order valence-electron chi connectivity index (χ3n) is 0.972. The minimum atomic E-state index is -2.31. The minimum absolute atomic E-state index is 0. The molecule has 2 nitrogen and oxygen atoms in total. The maximum absolute atomic E-state index is 6.93. The zero-order valence-electron chi connectivity index (χ0n) is 8.89. The van der Waals surface area contributed by atoms with Gasteiger partial charge in [-0.25, -0.2) is 4.98 Å². The average Bonchev–Trinajstić information content (AvgIpc) is 1.96. The number of hydrogen-bond acceptors (Lipinski definition) is 3. The minimum Gasteiger partial charge on any atom is -0.778 e. The van der Waals surface area contributed by atoms with Crippen LogP contribution in [0, 0.1) is 0 Å². The van der Waals surface area contributed by atoms with Crippen LogP contribution in [0.1, 0.15) is 4.11 Å². The molecule has 0 unspecified atom stereocenters. The molecule has 0 radical (unpaired) electrons. The van der Waals surface area contributed by atoms with Crippen LogP contribution in [0.4, 0.5) is 5.82 Å². The van der Waals surface area contributed by atoms with Crippen LogP contribution in [-0.2, 0) is 12.6 Å². The number of aromatic nitrogens is 1. The fourth-order valence-electron chi connectivity index (χ4n) is 0.513. The predicted molar refractivity (Wildman–Crippen MR) is 44.4 cm³/mol. The van der Waals surface area contributed by atoms with E-state index in [9.17, 15) is 0 Å². The maximum Gasteiger partial charge on any atom is 1.00 e. The Morgan fingerprint density at radius 1 is 1.82 bits per heavy atom. The van der Waals surface area contributed by atoms with Crippen LogP contribution >= 0.6 is 11.6 Å². The monoisotopic (exact) mass is 199 g/mol. The summed E-state index contributed by atoms with van der Waals surface area (Å²) < 4.78 is 20.8. The number of nitrogens with one attached hydrogen (secondary N) is 1. The van der Waals surface area contributed by atoms with Gasteiger partial charge in [-0.15, -0.1) is 0 Å². The first kappa shape index (κ1) is 6.92. The molecule has 0 fully saturated rings. The molecular weight excluding hydrogens is 191 g/mol. The maximum atomic E-state index is 6.93. The van der Waals surface area contributed by atoms with Gasteiger partial charge in [0.15, 0.2) is 0 Å². The molecule has 54 valence electrons. The Labute approximate surface area is 103 Å². The van der Waals surface area contributed by atoms with E-state index in [1.807, 2.05) is 0 Å². The normalized spacial score (nSPS) is 13.7. The second-order valence-electron chi connectivity index (χ2n) is 1.60. The van der Waals surface area contributed by atoms with Gasteiger partial charge in [-0.2, -0.15) is 4.90 Å². The van der Waals surface area contributed by atoms with Gasteiger partial charge in [-0.3, -0.25) is 0 Å². The summed E-state index contributed by atoms with van der Waals surface area (Å²) in [7, 11) is 0. The Kier molecular flexibility index (Phi) is 3.25. The molecule has 0 bridgehead atoms. The first-order valence-electron chi connectivity index (χ1n) is 4.00. The van der Waals surface area contributed by atoms with Crippen molar-refractivity contribution >= 4 is 30.0 Å². The average molecular weight is 200 g/mol. The molecule has 1 rings (SSSR count). The number of nitrogens with zero attached hydrogens (tertiary/aromatic N) is 1. The van der Waals surface area contributed by atoms with E-state index in [0.29, 0.717) is 4.90 Å². The van der Waals surface area contributed by atoms with E-state index in [4.69, 9.17) is 28.3 Å². The van der Waals surface area contributed by atoms with Crippen LogP contribution in [-0.4, -0.2) is 12.0 Å². The Bertz CT molecular complexity index is 320. The molecule has 0 atom stereocenters. The van der Waals surface area contributed by atoms with Crippen molar-refractivity contribution in [2.24, 2.45) is 0 Å². The summed E-state index contributed by atoms with van der Waals surface area (Å²) >= 11 is 10.6. The van der Waals surface area contributed by atoms with Gasteiger partial charge in [-0.05, 0) is 0 Å². The second-order valence-corrected chi connectivity index (χ2v) is 2.41. The van der Waals surface area contributed by atoms with Gasteiger partial charge in [-0.1, -0.05) is 17.7 Å². The van der Waals surface area contributed by atoms with E-state index < -0.39 is 6.98 Å². The third-order valence-corrected chi connectivity index (χ3v) is 1.81. The molecule has 11 heavy (non-hydrogen) atoms. The molecule has 1 aromatic heterocycles. The van der Waals surface area contributed by atoms with E-state index in [2.05, 4.69) is 10.3 Å². The van der Waals surface area contributed by atoms with Crippen LogP contribution in [0.2, 0.25) is 5.02 Å². The summed E-state index contributed by atoms with van der Waals surface area (Å²) in [6.45, 7) is -2.31. The molecule has 0 aromatic carbocycles. The van der Waals surface area contributed by atoms with E-state index in [1.54, 1.807) is 0 Å². The molecule has 1 aromatic rings. The van der Waals surface area contributed by atoms with Crippen molar-refractivity contribution in [2.45, 2.75) is 4.90 Å². The van der Waals surface area contributed by atoms with Gasteiger partial charge in [0, 0.05) is 17.3 Å². The van der Waals surface area contributed by atoms with Crippen molar-refractivity contribution in [3.8, 4) is 0 Å². The van der Waals surface area contributed by atoms with Gasteiger partial charge in [0.25, 0.3) is 0 Å². The van der Waals surface area contributed by atoms with Gasteiger partial charge in [0.05, 0.1) is 5.02 Å². The standard InChI is InChI=1S/C6H7ClN2S.Na/c1-8-6-5(7)4(10)2-3-9-6;/h2-3H,1H3,(H2,8,9,10);/q;+1/p-1/i1D3;. The smallest absolute Gasteiger partial charge is 0.778 e. The number of rotatable bonds is 1. The van der Waals surface area contributed by atoms with E-state index in [0.717, 1.165) is 0 Å². The Morgan fingerprint density at radius 3 is 3.18 bits per heavy atom. The van der Waals surface area contributed by atoms with Crippen LogP contribution in [0.3, 0.4) is 0 Å². The van der Waals surface area contributed by atoms with E-state index in [1.165, 1.54) is 12.3 Å². The van der Waals surface area contributed by atoms with Crippen molar-refractivity contribution in [1.29, 1.82) is 0 Å². The van der Waals surface area contributed by atoms with Gasteiger partial charge in [0.1, 0.15) is 5.82 Å². The number of anilines is 1. The zero-order valence-corrected chi connectivity index (χ0v) is 9.46. The quantitative estimate of drug-likeness (QED) is 0.449. The van der Waals surface area contributed by atoms with Crippen molar-refractivity contribution in [3.63, 3.8) is 0 Å². The first-order chi connectivity index (χ1) is 5.90. The number of pyridine rings is 1. The predicted octanol–water partition coefficient (Wildman–Crippen LogP) is -1.31. The molecule has 0 saturated carbocycles. The molecule has 5 heteroatoms. The summed E-state index contributed by atoms with van der Waals surface area (Å²) in [4.78, 5) is 4.13. The van der Waals surface area contributed by atoms with Crippen molar-refractivity contribution in [3.05, 3.63) is 17.3 Å². The van der Waals surface area contributed by atoms with Gasteiger partial charge in [0.2, 0.25) is 0 Å². The van der Waals surface area contributed by atoms with Crippen LogP contribution < -0.4 is 34.9 Å². The van der Waals surface area contributed by atoms with Crippen LogP contribution in [0.5, 0.6) is 0 Å². The Morgan fingerprint density at radius 2 is 2.55 bits per heavy atom. The fourth-order valence-corrected chi connectivity index (χ4v) is 0.830. The molecule has 0 saturated heterocycles. The van der Waals surface area contributed by atoms with Crippen molar-refractivity contribution in [2.75, 3.05) is 12.3 Å². The van der Waals surface area contributed by atoms with Gasteiger partial charge < -0.3 is 17.9 Å². The zero-order chi connectivity index (χ0) is 10.1. The summed E-state index contributed by atoms with van der Waals surface area (Å²) in [6.07, 6.45) is 1.41. The summed E-state index contributed by atoms with van der Waals surface area (Å²) in [5, 5.41) is 2.34. The summed E-state index contributed by atoms with van der Waals surface area (Å²) in [5.41, 5.74) is 0. The number of halogens is 1. The molecule has 0 amide bonds. The summed E-state index contributed by atoms with van der Waals surface area (Å²) in [6, 6.07) is 1.53. The fraction of sp³-hybridized carbons (Fsp3) is 0.167. The van der Waals surface area contributed by atoms with Crippen LogP contribution in [0.25, 0.3) is 0 Å². The van der Waals surface area contributed by atoms with Gasteiger partial charge >= 0.3 is 29.6 Å². The molecule has 1 N–H and O–H groups in total. The largest absolute Gasteiger partial charge is 1.00 e. The molecular formula is C6H6ClN2NaS. The van der Waals surface area contributed by atoms with E-state index in [-0.39, 0.29) is 40.4 Å². The number of hydrogen-bond donors (Lipinski definition) is 1. The summed E-state index contributed by atoms with van der Waals surface area (Å²) in [5.74, 6) is 0.0918. The second kappa shape index (κ2) is 5.17. The molecule has 0 aliphatic rings. The topological polar surface area (TPSA) is 24.9 Å². The third kappa shape index (κ3) is 2.76. The molecule has 1 heterocycles. The SMILES string of the molecule is [2H]C([2H])([2H])Nc1nccc([S-])c1Cl.[Na+]. The molecule has 0 spiro atoms.